The Bertz CT molecular complexity index is 959. The van der Waals surface area contributed by atoms with Crippen molar-refractivity contribution in [1.82, 2.24) is 9.88 Å². The van der Waals surface area contributed by atoms with Crippen molar-refractivity contribution < 1.29 is 9.53 Å². The molecule has 0 spiro atoms. The zero-order valence-electron chi connectivity index (χ0n) is 14.2. The highest BCUT2D eigenvalue weighted by Crippen LogP contribution is 2.21. The van der Waals surface area contributed by atoms with Crippen LogP contribution in [0.1, 0.15) is 17.7 Å². The Morgan fingerprint density at radius 2 is 1.96 bits per heavy atom. The van der Waals surface area contributed by atoms with E-state index in [9.17, 15) is 9.59 Å². The topological polar surface area (TPSA) is 60.3 Å². The molecule has 130 valence electrons. The summed E-state index contributed by atoms with van der Waals surface area (Å²) in [5.41, 5.74) is 1.93. The summed E-state index contributed by atoms with van der Waals surface area (Å²) < 4.78 is 6.86. The lowest BCUT2D eigenvalue weighted by Crippen LogP contribution is -2.25. The summed E-state index contributed by atoms with van der Waals surface area (Å²) in [6.07, 6.45) is 0.294. The molecule has 0 fully saturated rings. The Hall–Kier alpha value is -2.60. The van der Waals surface area contributed by atoms with E-state index in [0.29, 0.717) is 19.5 Å². The molecule has 0 radical (unpaired) electrons. The number of aromatic nitrogens is 1. The summed E-state index contributed by atoms with van der Waals surface area (Å²) in [7, 11) is 1.65. The number of ether oxygens (including phenoxy) is 1. The lowest BCUT2D eigenvalue weighted by Gasteiger charge is -2.08. The van der Waals surface area contributed by atoms with Crippen LogP contribution in [0.15, 0.2) is 46.6 Å². The lowest BCUT2D eigenvalue weighted by atomic mass is 10.1. The van der Waals surface area contributed by atoms with E-state index >= 15 is 0 Å². The third-order valence-electron chi connectivity index (χ3n) is 4.14. The largest absolute Gasteiger partial charge is 0.497 e. The van der Waals surface area contributed by atoms with E-state index in [-0.39, 0.29) is 10.8 Å². The average Bonchev–Trinajstić information content (AvgIpc) is 2.95. The molecule has 0 saturated heterocycles. The van der Waals surface area contributed by atoms with Gasteiger partial charge in [-0.05, 0) is 41.5 Å². The molecule has 0 aliphatic rings. The minimum Gasteiger partial charge on any atom is -0.497 e. The Labute approximate surface area is 149 Å². The summed E-state index contributed by atoms with van der Waals surface area (Å²) in [6.45, 7) is 2.76. The van der Waals surface area contributed by atoms with E-state index in [2.05, 4.69) is 11.4 Å². The molecule has 0 saturated carbocycles. The smallest absolute Gasteiger partial charge is 0.307 e. The molecule has 1 aromatic heterocycles. The first-order valence-corrected chi connectivity index (χ1v) is 8.93. The van der Waals surface area contributed by atoms with Crippen LogP contribution in [-0.2, 0) is 17.9 Å². The molecule has 6 heteroatoms. The Balaban J connectivity index is 1.58. The van der Waals surface area contributed by atoms with Crippen LogP contribution in [-0.4, -0.2) is 17.6 Å². The van der Waals surface area contributed by atoms with Crippen molar-refractivity contribution in [1.29, 1.82) is 0 Å². The van der Waals surface area contributed by atoms with Gasteiger partial charge < -0.3 is 14.6 Å². The van der Waals surface area contributed by atoms with Gasteiger partial charge in [0, 0.05) is 30.6 Å². The Morgan fingerprint density at radius 3 is 2.68 bits per heavy atom. The van der Waals surface area contributed by atoms with Gasteiger partial charge >= 0.3 is 4.87 Å². The van der Waals surface area contributed by atoms with Gasteiger partial charge in [-0.1, -0.05) is 29.5 Å². The van der Waals surface area contributed by atoms with Gasteiger partial charge in [0.2, 0.25) is 5.91 Å². The first kappa shape index (κ1) is 17.2. The van der Waals surface area contributed by atoms with E-state index < -0.39 is 0 Å². The summed E-state index contributed by atoms with van der Waals surface area (Å²) in [6, 6.07) is 12.0. The molecule has 1 heterocycles. The van der Waals surface area contributed by atoms with Crippen molar-refractivity contribution in [2.45, 2.75) is 26.4 Å². The van der Waals surface area contributed by atoms with Crippen LogP contribution in [0.4, 0.5) is 0 Å². The first-order chi connectivity index (χ1) is 12.1. The molecule has 0 bridgehead atoms. The summed E-state index contributed by atoms with van der Waals surface area (Å²) in [5.74, 6) is 0.764. The maximum Gasteiger partial charge on any atom is 0.307 e. The average molecular weight is 356 g/mol. The highest BCUT2D eigenvalue weighted by molar-refractivity contribution is 7.07. The molecule has 0 aliphatic heterocycles. The molecule has 2 aromatic carbocycles. The van der Waals surface area contributed by atoms with E-state index in [1.165, 1.54) is 0 Å². The number of hydrogen-bond acceptors (Lipinski definition) is 4. The van der Waals surface area contributed by atoms with Crippen LogP contribution in [0.3, 0.4) is 0 Å². The van der Waals surface area contributed by atoms with Crippen molar-refractivity contribution in [3.63, 3.8) is 0 Å². The van der Waals surface area contributed by atoms with Crippen LogP contribution in [0.25, 0.3) is 10.8 Å². The predicted molar refractivity (Wildman–Crippen MR) is 100 cm³/mol. The fraction of sp³-hybridized carbons (Fsp3) is 0.263. The SMILES string of the molecule is COc1ccc2cc(CNC(=O)CCn3c(C)csc3=O)ccc2c1. The quantitative estimate of drug-likeness (QED) is 0.738. The van der Waals surface area contributed by atoms with Gasteiger partial charge in [-0.3, -0.25) is 9.59 Å². The summed E-state index contributed by atoms with van der Waals surface area (Å²) in [5, 5.41) is 6.93. The maximum atomic E-state index is 12.0. The number of benzene rings is 2. The van der Waals surface area contributed by atoms with Crippen LogP contribution in [0.2, 0.25) is 0 Å². The number of aryl methyl sites for hydroxylation is 1. The van der Waals surface area contributed by atoms with Gasteiger partial charge in [-0.25, -0.2) is 0 Å². The van der Waals surface area contributed by atoms with Crippen molar-refractivity contribution >= 4 is 28.0 Å². The van der Waals surface area contributed by atoms with Crippen molar-refractivity contribution in [2.24, 2.45) is 0 Å². The van der Waals surface area contributed by atoms with Crippen molar-refractivity contribution in [3.05, 3.63) is 62.7 Å². The molecule has 25 heavy (non-hydrogen) atoms. The standard InChI is InChI=1S/C19H20N2O3S/c1-13-12-25-19(23)21(13)8-7-18(22)20-11-14-3-4-16-10-17(24-2)6-5-15(16)9-14/h3-6,9-10,12H,7-8,11H2,1-2H3,(H,20,22). The second-order valence-electron chi connectivity index (χ2n) is 5.87. The highest BCUT2D eigenvalue weighted by atomic mass is 32.1. The number of carbonyl (C=O) groups is 1. The molecule has 3 aromatic rings. The molecule has 5 nitrogen and oxygen atoms in total. The summed E-state index contributed by atoms with van der Waals surface area (Å²) >= 11 is 1.16. The molecule has 0 aliphatic carbocycles. The number of methoxy groups -OCH3 is 1. The van der Waals surface area contributed by atoms with Gasteiger partial charge in [0.1, 0.15) is 5.75 Å². The summed E-state index contributed by atoms with van der Waals surface area (Å²) in [4.78, 5) is 23.7. The molecule has 0 unspecified atom stereocenters. The maximum absolute atomic E-state index is 12.0. The third kappa shape index (κ3) is 4.09. The fourth-order valence-electron chi connectivity index (χ4n) is 2.69. The Morgan fingerprint density at radius 1 is 1.20 bits per heavy atom. The van der Waals surface area contributed by atoms with Gasteiger partial charge in [0.15, 0.2) is 0 Å². The van der Waals surface area contributed by atoms with E-state index in [1.54, 1.807) is 11.7 Å². The minimum absolute atomic E-state index is 0.0183. The molecule has 1 amide bonds. The van der Waals surface area contributed by atoms with Crippen LogP contribution in [0, 0.1) is 6.92 Å². The number of carbonyl (C=O) groups excluding carboxylic acids is 1. The molecule has 3 rings (SSSR count). The number of nitrogens with zero attached hydrogens (tertiary/aromatic N) is 1. The minimum atomic E-state index is -0.0627. The number of amides is 1. The fourth-order valence-corrected chi connectivity index (χ4v) is 3.45. The zero-order valence-corrected chi connectivity index (χ0v) is 15.1. The van der Waals surface area contributed by atoms with Crippen molar-refractivity contribution in [2.75, 3.05) is 7.11 Å². The number of fused-ring (bicyclic) bond motifs is 1. The lowest BCUT2D eigenvalue weighted by molar-refractivity contribution is -0.121. The number of nitrogens with one attached hydrogen (secondary N) is 1. The van der Waals surface area contributed by atoms with Gasteiger partial charge in [0.05, 0.1) is 7.11 Å². The van der Waals surface area contributed by atoms with Gasteiger partial charge in [-0.2, -0.15) is 0 Å². The van der Waals surface area contributed by atoms with E-state index in [4.69, 9.17) is 4.74 Å². The Kier molecular flexibility index (Phi) is 5.19. The molecule has 1 N–H and O–H groups in total. The van der Waals surface area contributed by atoms with E-state index in [1.807, 2.05) is 42.6 Å². The third-order valence-corrected chi connectivity index (χ3v) is 5.02. The van der Waals surface area contributed by atoms with Crippen LogP contribution in [0.5, 0.6) is 5.75 Å². The van der Waals surface area contributed by atoms with Crippen molar-refractivity contribution in [3.8, 4) is 5.75 Å². The van der Waals surface area contributed by atoms with E-state index in [0.717, 1.165) is 39.1 Å². The van der Waals surface area contributed by atoms with Crippen LogP contribution >= 0.6 is 11.3 Å². The second-order valence-corrected chi connectivity index (χ2v) is 6.69. The molecule has 0 atom stereocenters. The number of hydrogen-bond donors (Lipinski definition) is 1. The number of rotatable bonds is 6. The zero-order chi connectivity index (χ0) is 17.8. The van der Waals surface area contributed by atoms with Crippen LogP contribution < -0.4 is 14.9 Å². The monoisotopic (exact) mass is 356 g/mol. The molecular weight excluding hydrogens is 336 g/mol. The second kappa shape index (κ2) is 7.53. The van der Waals surface area contributed by atoms with Gasteiger partial charge in [0.25, 0.3) is 0 Å². The molecular formula is C19H20N2O3S. The normalized spacial score (nSPS) is 10.8. The highest BCUT2D eigenvalue weighted by Gasteiger charge is 2.07. The first-order valence-electron chi connectivity index (χ1n) is 8.05. The predicted octanol–water partition coefficient (Wildman–Crippen LogP) is 3.09. The number of thiazole rings is 1. The van der Waals surface area contributed by atoms with Gasteiger partial charge in [-0.15, -0.1) is 0 Å².